The Balaban J connectivity index is 0.000000562. The summed E-state index contributed by atoms with van der Waals surface area (Å²) in [6.07, 6.45) is 3.41. The monoisotopic (exact) mass is 206 g/mol. The first kappa shape index (κ1) is 11.0. The van der Waals surface area contributed by atoms with Crippen LogP contribution in [0.25, 0.3) is 16.4 Å². The molecule has 0 spiro atoms. The molecule has 0 saturated carbocycles. The summed E-state index contributed by atoms with van der Waals surface area (Å²) >= 11 is 0. The number of benzene rings is 1. The molecule has 0 amide bonds. The van der Waals surface area contributed by atoms with Crippen LogP contribution in [0.3, 0.4) is 0 Å². The van der Waals surface area contributed by atoms with Gasteiger partial charge in [0.2, 0.25) is 0 Å². The van der Waals surface area contributed by atoms with Gasteiger partial charge in [0.15, 0.2) is 5.65 Å². The van der Waals surface area contributed by atoms with E-state index in [0.717, 1.165) is 16.4 Å². The van der Waals surface area contributed by atoms with Crippen LogP contribution in [0, 0.1) is 0 Å². The lowest BCUT2D eigenvalue weighted by molar-refractivity contribution is 0.823. The van der Waals surface area contributed by atoms with Crippen LogP contribution in [0.2, 0.25) is 0 Å². The Morgan fingerprint density at radius 3 is 2.73 bits per heavy atom. The molecule has 6 heteroatoms. The van der Waals surface area contributed by atoms with Crippen LogP contribution >= 0.6 is 0 Å². The lowest BCUT2D eigenvalue weighted by Crippen LogP contribution is -1.89. The van der Waals surface area contributed by atoms with Gasteiger partial charge in [-0.2, -0.15) is 9.61 Å². The van der Waals surface area contributed by atoms with Gasteiger partial charge in [0.1, 0.15) is 6.33 Å². The van der Waals surface area contributed by atoms with Crippen molar-refractivity contribution in [3.05, 3.63) is 36.8 Å². The number of fused-ring (bicyclic) bond motifs is 3. The number of aromatic nitrogens is 4. The fourth-order valence-corrected chi connectivity index (χ4v) is 1.43. The van der Waals surface area contributed by atoms with Gasteiger partial charge in [-0.05, 0) is 0 Å². The Bertz CT molecular complexity index is 578. The topological polar surface area (TPSA) is 106 Å². The molecule has 1 aromatic carbocycles. The second-order valence-corrected chi connectivity index (χ2v) is 2.83. The first-order chi connectivity index (χ1) is 6.45. The highest BCUT2D eigenvalue weighted by Gasteiger charge is 2.00. The highest BCUT2D eigenvalue weighted by Crippen LogP contribution is 2.15. The maximum atomic E-state index is 4.16. The molecular formula is C9H10N4O2. The van der Waals surface area contributed by atoms with E-state index >= 15 is 0 Å². The summed E-state index contributed by atoms with van der Waals surface area (Å²) in [5, 5.41) is 14.1. The molecular weight excluding hydrogens is 196 g/mol. The third-order valence-corrected chi connectivity index (χ3v) is 2.05. The zero-order chi connectivity index (χ0) is 8.67. The van der Waals surface area contributed by atoms with Crippen molar-refractivity contribution in [2.45, 2.75) is 0 Å². The lowest BCUT2D eigenvalue weighted by Gasteiger charge is -1.96. The first-order valence-corrected chi connectivity index (χ1v) is 3.99. The van der Waals surface area contributed by atoms with E-state index in [1.54, 1.807) is 10.8 Å². The van der Waals surface area contributed by atoms with Crippen LogP contribution in [-0.2, 0) is 0 Å². The predicted octanol–water partition coefficient (Wildman–Crippen LogP) is -0.372. The minimum Gasteiger partial charge on any atom is -0.412 e. The summed E-state index contributed by atoms with van der Waals surface area (Å²) in [5.41, 5.74) is 0.804. The molecule has 3 rings (SSSR count). The van der Waals surface area contributed by atoms with E-state index in [-0.39, 0.29) is 11.0 Å². The average molecular weight is 206 g/mol. The molecule has 0 unspecified atom stereocenters. The van der Waals surface area contributed by atoms with Gasteiger partial charge in [-0.25, -0.2) is 0 Å². The van der Waals surface area contributed by atoms with Crippen molar-refractivity contribution >= 4 is 16.4 Å². The lowest BCUT2D eigenvalue weighted by atomic mass is 10.2. The molecule has 78 valence electrons. The summed E-state index contributed by atoms with van der Waals surface area (Å²) in [7, 11) is 0. The molecule has 0 aliphatic heterocycles. The van der Waals surface area contributed by atoms with Gasteiger partial charge < -0.3 is 11.0 Å². The number of hydrogen-bond donors (Lipinski definition) is 0. The summed E-state index contributed by atoms with van der Waals surface area (Å²) in [6.45, 7) is 0. The average Bonchev–Trinajstić information content (AvgIpc) is 2.65. The van der Waals surface area contributed by atoms with E-state index in [1.807, 2.05) is 30.5 Å². The Labute approximate surface area is 84.8 Å². The number of nitrogens with zero attached hydrogens (tertiary/aromatic N) is 4. The van der Waals surface area contributed by atoms with Gasteiger partial charge in [-0.1, -0.05) is 24.3 Å². The van der Waals surface area contributed by atoms with Crippen molar-refractivity contribution in [2.75, 3.05) is 0 Å². The molecule has 6 nitrogen and oxygen atoms in total. The maximum Gasteiger partial charge on any atom is 0.185 e. The molecule has 0 radical (unpaired) electrons. The largest absolute Gasteiger partial charge is 0.412 e. The molecule has 15 heavy (non-hydrogen) atoms. The van der Waals surface area contributed by atoms with Crippen molar-refractivity contribution in [3.8, 4) is 0 Å². The van der Waals surface area contributed by atoms with Gasteiger partial charge in [0.05, 0.1) is 6.20 Å². The Hall–Kier alpha value is -2.05. The Morgan fingerprint density at radius 2 is 1.87 bits per heavy atom. The molecule has 0 bridgehead atoms. The van der Waals surface area contributed by atoms with E-state index in [0.29, 0.717) is 0 Å². The van der Waals surface area contributed by atoms with E-state index < -0.39 is 0 Å². The minimum absolute atomic E-state index is 0. The van der Waals surface area contributed by atoms with Crippen molar-refractivity contribution in [1.29, 1.82) is 0 Å². The second kappa shape index (κ2) is 3.99. The molecule has 2 heterocycles. The minimum atomic E-state index is 0. The van der Waals surface area contributed by atoms with Crippen LogP contribution in [0.5, 0.6) is 0 Å². The van der Waals surface area contributed by atoms with E-state index in [4.69, 9.17) is 0 Å². The van der Waals surface area contributed by atoms with E-state index in [9.17, 15) is 0 Å². The maximum absolute atomic E-state index is 4.16. The van der Waals surface area contributed by atoms with Gasteiger partial charge in [-0.3, -0.25) is 0 Å². The van der Waals surface area contributed by atoms with Crippen LogP contribution < -0.4 is 0 Å². The number of hydrogen-bond acceptors (Lipinski definition) is 3. The van der Waals surface area contributed by atoms with Crippen molar-refractivity contribution in [3.63, 3.8) is 0 Å². The standard InChI is InChI=1S/C9H6N4.2H2O/c1-2-4-8-7(3-1)5-11-13-6-10-12-9(8)13;;/h1-6H;2*1H2. The van der Waals surface area contributed by atoms with Crippen LogP contribution in [0.4, 0.5) is 0 Å². The third-order valence-electron chi connectivity index (χ3n) is 2.05. The highest BCUT2D eigenvalue weighted by atomic mass is 16.0. The van der Waals surface area contributed by atoms with Crippen LogP contribution in [-0.4, -0.2) is 30.8 Å². The van der Waals surface area contributed by atoms with Crippen molar-refractivity contribution in [2.24, 2.45) is 0 Å². The zero-order valence-electron chi connectivity index (χ0n) is 7.75. The van der Waals surface area contributed by atoms with Gasteiger partial charge in [0, 0.05) is 10.8 Å². The fourth-order valence-electron chi connectivity index (χ4n) is 1.43. The molecule has 0 aliphatic rings. The fraction of sp³-hybridized carbons (Fsp3) is 0. The first-order valence-electron chi connectivity index (χ1n) is 3.99. The molecule has 3 aromatic rings. The molecule has 0 aliphatic carbocycles. The summed E-state index contributed by atoms with van der Waals surface area (Å²) in [5.74, 6) is 0. The highest BCUT2D eigenvalue weighted by molar-refractivity contribution is 5.92. The normalized spacial score (nSPS) is 9.60. The predicted molar refractivity (Wildman–Crippen MR) is 55.5 cm³/mol. The number of rotatable bonds is 0. The molecule has 4 N–H and O–H groups in total. The van der Waals surface area contributed by atoms with Crippen molar-refractivity contribution < 1.29 is 11.0 Å². The quantitative estimate of drug-likeness (QED) is 0.500. The SMILES string of the molecule is O.O.c1ccc2c(c1)cnn1cnnc21. The van der Waals surface area contributed by atoms with E-state index in [1.165, 1.54) is 0 Å². The second-order valence-electron chi connectivity index (χ2n) is 2.83. The molecule has 2 aromatic heterocycles. The van der Waals surface area contributed by atoms with Crippen LogP contribution in [0.1, 0.15) is 0 Å². The zero-order valence-corrected chi connectivity index (χ0v) is 7.75. The van der Waals surface area contributed by atoms with Gasteiger partial charge >= 0.3 is 0 Å². The van der Waals surface area contributed by atoms with Crippen LogP contribution in [0.15, 0.2) is 36.8 Å². The summed E-state index contributed by atoms with van der Waals surface area (Å²) in [6, 6.07) is 7.99. The molecule has 0 fully saturated rings. The smallest absolute Gasteiger partial charge is 0.185 e. The molecule has 0 saturated heterocycles. The third kappa shape index (κ3) is 1.51. The Morgan fingerprint density at radius 1 is 1.07 bits per heavy atom. The molecule has 0 atom stereocenters. The Kier molecular flexibility index (Phi) is 2.93. The summed E-state index contributed by atoms with van der Waals surface area (Å²) < 4.78 is 1.67. The van der Waals surface area contributed by atoms with E-state index in [2.05, 4.69) is 15.3 Å². The van der Waals surface area contributed by atoms with Gasteiger partial charge in [0.25, 0.3) is 0 Å². The van der Waals surface area contributed by atoms with Crippen molar-refractivity contribution in [1.82, 2.24) is 19.8 Å². The summed E-state index contributed by atoms with van der Waals surface area (Å²) in [4.78, 5) is 0. The van der Waals surface area contributed by atoms with Gasteiger partial charge in [-0.15, -0.1) is 10.2 Å².